The zero-order chi connectivity index (χ0) is 32.6. The largest absolute Gasteiger partial charge is 0.485 e. The van der Waals surface area contributed by atoms with Crippen molar-refractivity contribution in [3.05, 3.63) is 20.9 Å². The second-order valence-corrected chi connectivity index (χ2v) is 17.2. The molecule has 0 unspecified atom stereocenters. The number of thiophene rings is 5. The van der Waals surface area contributed by atoms with Crippen LogP contribution in [0.5, 0.6) is 46.0 Å². The van der Waals surface area contributed by atoms with E-state index in [1.807, 2.05) is 0 Å². The minimum atomic E-state index is 0.457. The van der Waals surface area contributed by atoms with Crippen LogP contribution >= 0.6 is 56.7 Å². The molecule has 10 nitrogen and oxygen atoms in total. The molecule has 0 amide bonds. The van der Waals surface area contributed by atoms with Gasteiger partial charge in [-0.2, -0.15) is 0 Å². The average molecular weight is 759 g/mol. The lowest BCUT2D eigenvalue weighted by atomic mass is 10.1. The third-order valence-corrected chi connectivity index (χ3v) is 15.1. The summed E-state index contributed by atoms with van der Waals surface area (Å²) in [7, 11) is 0. The van der Waals surface area contributed by atoms with Crippen molar-refractivity contribution in [1.29, 1.82) is 0 Å². The smallest absolute Gasteiger partial charge is 0.181 e. The van der Waals surface area contributed by atoms with Crippen molar-refractivity contribution in [3.8, 4) is 85.0 Å². The molecule has 5 aliphatic rings. The van der Waals surface area contributed by atoms with Crippen molar-refractivity contribution in [1.82, 2.24) is 0 Å². The molecule has 49 heavy (non-hydrogen) atoms. The Bertz CT molecular complexity index is 1950. The van der Waals surface area contributed by atoms with Crippen LogP contribution in [0.2, 0.25) is 0 Å². The van der Waals surface area contributed by atoms with Crippen LogP contribution in [0.4, 0.5) is 0 Å². The number of hydrogen-bond donors (Lipinski definition) is 0. The Hall–Kier alpha value is -3.18. The summed E-state index contributed by atoms with van der Waals surface area (Å²) in [6, 6.07) is 0. The van der Waals surface area contributed by atoms with Crippen LogP contribution in [-0.2, 0) is 22.7 Å². The highest BCUT2D eigenvalue weighted by Gasteiger charge is 2.37. The van der Waals surface area contributed by atoms with Crippen molar-refractivity contribution < 1.29 is 47.4 Å². The van der Waals surface area contributed by atoms with Gasteiger partial charge in [-0.1, -0.05) is 0 Å². The molecule has 15 heteroatoms. The van der Waals surface area contributed by atoms with Crippen molar-refractivity contribution in [3.63, 3.8) is 0 Å². The van der Waals surface area contributed by atoms with E-state index in [0.717, 1.165) is 106 Å². The van der Waals surface area contributed by atoms with Crippen molar-refractivity contribution in [2.75, 3.05) is 66.1 Å². The lowest BCUT2D eigenvalue weighted by Crippen LogP contribution is -2.16. The first-order chi connectivity index (χ1) is 24.2. The highest BCUT2D eigenvalue weighted by atomic mass is 32.1. The van der Waals surface area contributed by atoms with Gasteiger partial charge in [0.05, 0.1) is 65.4 Å². The molecular formula is C34H30O10S5. The summed E-state index contributed by atoms with van der Waals surface area (Å²) in [6.45, 7) is 10.1. The Labute approximate surface area is 301 Å². The maximum atomic E-state index is 6.42. The minimum absolute atomic E-state index is 0.457. The van der Waals surface area contributed by atoms with Gasteiger partial charge in [-0.25, -0.2) is 0 Å². The van der Waals surface area contributed by atoms with Gasteiger partial charge in [0.25, 0.3) is 0 Å². The summed E-state index contributed by atoms with van der Waals surface area (Å²) < 4.78 is 62.3. The molecule has 0 atom stereocenters. The van der Waals surface area contributed by atoms with E-state index in [9.17, 15) is 0 Å². The Balaban J connectivity index is 1.17. The van der Waals surface area contributed by atoms with Gasteiger partial charge in [0.2, 0.25) is 0 Å². The summed E-state index contributed by atoms with van der Waals surface area (Å²) in [4.78, 5) is 10.3. The summed E-state index contributed by atoms with van der Waals surface area (Å²) in [5.41, 5.74) is 2.19. The van der Waals surface area contributed by atoms with E-state index in [2.05, 4.69) is 13.8 Å². The molecule has 10 rings (SSSR count). The van der Waals surface area contributed by atoms with Crippen LogP contribution in [0, 0.1) is 13.8 Å². The van der Waals surface area contributed by atoms with Crippen LogP contribution < -0.4 is 37.9 Å². The molecule has 0 spiro atoms. The molecule has 0 bridgehead atoms. The number of hydrogen-bond acceptors (Lipinski definition) is 15. The second-order valence-electron chi connectivity index (χ2n) is 11.7. The van der Waals surface area contributed by atoms with Gasteiger partial charge in [0.15, 0.2) is 46.0 Å². The van der Waals surface area contributed by atoms with E-state index >= 15 is 0 Å². The summed E-state index contributed by atoms with van der Waals surface area (Å²) >= 11 is 8.38. The van der Waals surface area contributed by atoms with Gasteiger partial charge >= 0.3 is 0 Å². The first-order valence-electron chi connectivity index (χ1n) is 16.1. The minimum Gasteiger partial charge on any atom is -0.485 e. The number of rotatable bonds is 4. The first kappa shape index (κ1) is 30.6. The summed E-state index contributed by atoms with van der Waals surface area (Å²) in [5, 5.41) is 0. The standard InChI is InChI=1S/C34H30O10S5/c1-15-19-21(39-7-5-37-19)31(45-15)33-25-23(41-9-11-43-25)29(48-33)27-17-13-35-3-4-36-14-18(17)28(47-27)30-24-26(44-12-10-42-24)34(49-30)32-22-20(16(2)46-32)38-6-8-40-22/h3-14H2,1-2H3. The van der Waals surface area contributed by atoms with Gasteiger partial charge in [0, 0.05) is 20.9 Å². The van der Waals surface area contributed by atoms with E-state index in [1.54, 1.807) is 56.7 Å². The monoisotopic (exact) mass is 758 g/mol. The number of aryl methyl sites for hydroxylation is 2. The van der Waals surface area contributed by atoms with E-state index < -0.39 is 0 Å². The zero-order valence-electron chi connectivity index (χ0n) is 26.6. The van der Waals surface area contributed by atoms with Crippen LogP contribution in [-0.4, -0.2) is 66.1 Å². The van der Waals surface area contributed by atoms with Gasteiger partial charge in [-0.05, 0) is 13.8 Å². The topological polar surface area (TPSA) is 92.3 Å². The number of ether oxygens (including phenoxy) is 10. The lowest BCUT2D eigenvalue weighted by molar-refractivity contribution is 0.0231. The predicted molar refractivity (Wildman–Crippen MR) is 190 cm³/mol. The van der Waals surface area contributed by atoms with Gasteiger partial charge in [-0.3, -0.25) is 0 Å². The summed E-state index contributed by atoms with van der Waals surface area (Å²) in [5.74, 6) is 6.23. The van der Waals surface area contributed by atoms with Gasteiger partial charge in [0.1, 0.15) is 52.9 Å². The molecule has 0 aromatic carbocycles. The predicted octanol–water partition coefficient (Wildman–Crippen LogP) is 8.41. The highest BCUT2D eigenvalue weighted by Crippen LogP contribution is 2.64. The lowest BCUT2D eigenvalue weighted by Gasteiger charge is -2.19. The molecule has 0 saturated heterocycles. The third-order valence-electron chi connectivity index (χ3n) is 8.73. The fourth-order valence-corrected chi connectivity index (χ4v) is 13.0. The molecule has 5 aromatic rings. The Morgan fingerprint density at radius 1 is 0.306 bits per heavy atom. The highest BCUT2D eigenvalue weighted by molar-refractivity contribution is 7.30. The fourth-order valence-electron chi connectivity index (χ4n) is 6.62. The first-order valence-corrected chi connectivity index (χ1v) is 20.2. The van der Waals surface area contributed by atoms with Crippen molar-refractivity contribution in [2.24, 2.45) is 0 Å². The fraction of sp³-hybridized carbons (Fsp3) is 0.412. The quantitative estimate of drug-likeness (QED) is 0.178. The molecule has 0 radical (unpaired) electrons. The molecular weight excluding hydrogens is 729 g/mol. The van der Waals surface area contributed by atoms with E-state index in [-0.39, 0.29) is 0 Å². The zero-order valence-corrected chi connectivity index (χ0v) is 30.7. The Kier molecular flexibility index (Phi) is 7.66. The SMILES string of the molecule is Cc1sc(-c2sc(-c3sc(-c4sc(-c5sc(C)c6c5OCCO6)c5c4OCCO5)c4c3COCCOC4)c3c2OCCO3)c2c1OCCO2. The van der Waals surface area contributed by atoms with Crippen LogP contribution in [0.15, 0.2) is 0 Å². The Morgan fingerprint density at radius 2 is 0.571 bits per heavy atom. The third kappa shape index (κ3) is 4.88. The van der Waals surface area contributed by atoms with E-state index in [4.69, 9.17) is 47.4 Å². The molecule has 10 heterocycles. The molecule has 256 valence electrons. The van der Waals surface area contributed by atoms with E-state index in [1.165, 1.54) is 0 Å². The van der Waals surface area contributed by atoms with Crippen molar-refractivity contribution >= 4 is 56.7 Å². The number of fused-ring (bicyclic) bond motifs is 5. The maximum absolute atomic E-state index is 6.42. The molecule has 0 saturated carbocycles. The Morgan fingerprint density at radius 3 is 0.939 bits per heavy atom. The average Bonchev–Trinajstić information content (AvgIpc) is 3.93. The molecule has 5 aromatic heterocycles. The van der Waals surface area contributed by atoms with Crippen LogP contribution in [0.3, 0.4) is 0 Å². The second kappa shape index (κ2) is 12.2. The molecule has 5 aliphatic heterocycles. The van der Waals surface area contributed by atoms with Gasteiger partial charge < -0.3 is 47.4 Å². The maximum Gasteiger partial charge on any atom is 0.181 e. The normalized spacial score (nSPS) is 17.8. The molecule has 0 N–H and O–H groups in total. The van der Waals surface area contributed by atoms with Crippen LogP contribution in [0.1, 0.15) is 20.9 Å². The summed E-state index contributed by atoms with van der Waals surface area (Å²) in [6.07, 6.45) is 0. The van der Waals surface area contributed by atoms with Gasteiger partial charge in [-0.15, -0.1) is 56.7 Å². The van der Waals surface area contributed by atoms with E-state index in [0.29, 0.717) is 79.3 Å². The van der Waals surface area contributed by atoms with Crippen molar-refractivity contribution in [2.45, 2.75) is 27.1 Å². The molecule has 0 aliphatic carbocycles. The van der Waals surface area contributed by atoms with Crippen LogP contribution in [0.25, 0.3) is 39.0 Å². The molecule has 0 fully saturated rings.